The first-order valence-corrected chi connectivity index (χ1v) is 5.81. The van der Waals surface area contributed by atoms with Gasteiger partial charge in [0.25, 0.3) is 0 Å². The lowest BCUT2D eigenvalue weighted by molar-refractivity contribution is -0.00210. The van der Waals surface area contributed by atoms with Crippen molar-refractivity contribution in [3.8, 4) is 0 Å². The van der Waals surface area contributed by atoms with E-state index >= 15 is 0 Å². The summed E-state index contributed by atoms with van der Waals surface area (Å²) >= 11 is 0. The number of hydrogen-bond acceptors (Lipinski definition) is 2. The van der Waals surface area contributed by atoms with Gasteiger partial charge in [-0.1, -0.05) is 20.8 Å². The molecule has 1 heterocycles. The zero-order valence-electron chi connectivity index (χ0n) is 10.1. The van der Waals surface area contributed by atoms with E-state index in [0.717, 1.165) is 19.3 Å². The van der Waals surface area contributed by atoms with E-state index in [9.17, 15) is 4.79 Å². The predicted molar refractivity (Wildman–Crippen MR) is 58.6 cm³/mol. The molecule has 2 aliphatic rings. The van der Waals surface area contributed by atoms with Crippen LogP contribution >= 0.6 is 0 Å². The minimum absolute atomic E-state index is 0.211. The van der Waals surface area contributed by atoms with Crippen LogP contribution in [-0.2, 0) is 4.74 Å². The smallest absolute Gasteiger partial charge is 0.408 e. The van der Waals surface area contributed by atoms with Crippen molar-refractivity contribution in [2.75, 3.05) is 0 Å². The van der Waals surface area contributed by atoms with E-state index in [0.29, 0.717) is 11.3 Å². The zero-order chi connectivity index (χ0) is 11.3. The molecule has 3 atom stereocenters. The summed E-state index contributed by atoms with van der Waals surface area (Å²) in [7, 11) is 0. The zero-order valence-corrected chi connectivity index (χ0v) is 10.1. The SMILES string of the molecule is CC(C)(C)[C@@H]1CC[C@@]2(C)OC(=O)N[C@H]2C1. The summed E-state index contributed by atoms with van der Waals surface area (Å²) in [5.41, 5.74) is 0.0769. The van der Waals surface area contributed by atoms with E-state index in [1.54, 1.807) is 0 Å². The average Bonchev–Trinajstić information content (AvgIpc) is 2.35. The molecule has 0 unspecified atom stereocenters. The van der Waals surface area contributed by atoms with Crippen LogP contribution in [0, 0.1) is 11.3 Å². The lowest BCUT2D eigenvalue weighted by Gasteiger charge is -2.42. The Morgan fingerprint density at radius 1 is 1.47 bits per heavy atom. The van der Waals surface area contributed by atoms with Gasteiger partial charge < -0.3 is 10.1 Å². The van der Waals surface area contributed by atoms with Crippen LogP contribution in [0.4, 0.5) is 4.79 Å². The first kappa shape index (κ1) is 10.8. The third-order valence-corrected chi connectivity index (χ3v) is 4.09. The maximum Gasteiger partial charge on any atom is 0.408 e. The number of fused-ring (bicyclic) bond motifs is 1. The number of alkyl carbamates (subject to hydrolysis) is 1. The van der Waals surface area contributed by atoms with Crippen LogP contribution in [0.3, 0.4) is 0 Å². The van der Waals surface area contributed by atoms with Crippen LogP contribution in [0.2, 0.25) is 0 Å². The van der Waals surface area contributed by atoms with E-state index < -0.39 is 0 Å². The Hall–Kier alpha value is -0.730. The molecular formula is C12H21NO2. The number of hydrogen-bond donors (Lipinski definition) is 1. The summed E-state index contributed by atoms with van der Waals surface area (Å²) in [6.07, 6.45) is 2.95. The lowest BCUT2D eigenvalue weighted by Crippen LogP contribution is -2.48. The minimum Gasteiger partial charge on any atom is -0.441 e. The number of rotatable bonds is 0. The summed E-state index contributed by atoms with van der Waals surface area (Å²) in [5, 5.41) is 2.94. The Morgan fingerprint density at radius 2 is 2.13 bits per heavy atom. The highest BCUT2D eigenvalue weighted by Crippen LogP contribution is 2.44. The van der Waals surface area contributed by atoms with Crippen molar-refractivity contribution < 1.29 is 9.53 Å². The quantitative estimate of drug-likeness (QED) is 0.669. The Bertz CT molecular complexity index is 282. The molecule has 0 aromatic rings. The summed E-state index contributed by atoms with van der Waals surface area (Å²) in [6.45, 7) is 8.88. The van der Waals surface area contributed by atoms with Crippen LogP contribution in [0.15, 0.2) is 0 Å². The highest BCUT2D eigenvalue weighted by molar-refractivity contribution is 5.71. The topological polar surface area (TPSA) is 38.3 Å². The van der Waals surface area contributed by atoms with Gasteiger partial charge in [-0.2, -0.15) is 0 Å². The maximum atomic E-state index is 11.2. The monoisotopic (exact) mass is 211 g/mol. The molecule has 1 aliphatic carbocycles. The molecule has 3 heteroatoms. The molecule has 3 nitrogen and oxygen atoms in total. The van der Waals surface area contributed by atoms with Gasteiger partial charge >= 0.3 is 6.09 Å². The molecule has 1 aliphatic heterocycles. The van der Waals surface area contributed by atoms with Crippen LogP contribution in [0.1, 0.15) is 47.0 Å². The van der Waals surface area contributed by atoms with Crippen LogP contribution < -0.4 is 5.32 Å². The molecule has 1 amide bonds. The summed E-state index contributed by atoms with van der Waals surface area (Å²) in [5.74, 6) is 0.678. The summed E-state index contributed by atoms with van der Waals surface area (Å²) < 4.78 is 5.36. The molecule has 15 heavy (non-hydrogen) atoms. The number of nitrogens with one attached hydrogen (secondary N) is 1. The van der Waals surface area contributed by atoms with Gasteiger partial charge in [0.2, 0.25) is 0 Å². The normalized spacial score (nSPS) is 40.7. The molecule has 86 valence electrons. The van der Waals surface area contributed by atoms with E-state index in [-0.39, 0.29) is 17.7 Å². The molecule has 2 fully saturated rings. The number of ether oxygens (including phenoxy) is 1. The van der Waals surface area contributed by atoms with Crippen molar-refractivity contribution in [1.82, 2.24) is 5.32 Å². The van der Waals surface area contributed by atoms with Crippen LogP contribution in [0.25, 0.3) is 0 Å². The molecule has 0 bridgehead atoms. The van der Waals surface area contributed by atoms with Crippen molar-refractivity contribution in [3.05, 3.63) is 0 Å². The molecule has 0 aromatic carbocycles. The number of carbonyl (C=O) groups excluding carboxylic acids is 1. The van der Waals surface area contributed by atoms with Gasteiger partial charge in [0.05, 0.1) is 6.04 Å². The van der Waals surface area contributed by atoms with Gasteiger partial charge in [-0.15, -0.1) is 0 Å². The van der Waals surface area contributed by atoms with Gasteiger partial charge in [-0.3, -0.25) is 0 Å². The van der Waals surface area contributed by atoms with Crippen LogP contribution in [-0.4, -0.2) is 17.7 Å². The van der Waals surface area contributed by atoms with E-state index in [2.05, 4.69) is 33.0 Å². The van der Waals surface area contributed by atoms with Crippen molar-refractivity contribution in [2.24, 2.45) is 11.3 Å². The third-order valence-electron chi connectivity index (χ3n) is 4.09. The molecular weight excluding hydrogens is 190 g/mol. The highest BCUT2D eigenvalue weighted by atomic mass is 16.6. The van der Waals surface area contributed by atoms with Crippen molar-refractivity contribution in [1.29, 1.82) is 0 Å². The molecule has 1 N–H and O–H groups in total. The fraction of sp³-hybridized carbons (Fsp3) is 0.917. The second-order valence-corrected chi connectivity index (χ2v) is 6.24. The van der Waals surface area contributed by atoms with Gasteiger partial charge in [0, 0.05) is 0 Å². The fourth-order valence-electron chi connectivity index (χ4n) is 2.79. The molecule has 0 spiro atoms. The molecule has 1 saturated carbocycles. The number of amides is 1. The molecule has 2 rings (SSSR count). The third kappa shape index (κ3) is 1.84. The molecule has 0 aromatic heterocycles. The van der Waals surface area contributed by atoms with Crippen molar-refractivity contribution in [3.63, 3.8) is 0 Å². The van der Waals surface area contributed by atoms with Gasteiger partial charge in [-0.25, -0.2) is 4.79 Å². The highest BCUT2D eigenvalue weighted by Gasteiger charge is 2.50. The summed E-state index contributed by atoms with van der Waals surface area (Å²) in [4.78, 5) is 11.2. The van der Waals surface area contributed by atoms with Crippen LogP contribution in [0.5, 0.6) is 0 Å². The van der Waals surface area contributed by atoms with E-state index in [1.165, 1.54) is 0 Å². The fourth-order valence-corrected chi connectivity index (χ4v) is 2.79. The first-order chi connectivity index (χ1) is 6.81. The van der Waals surface area contributed by atoms with E-state index in [4.69, 9.17) is 4.74 Å². The Kier molecular flexibility index (Phi) is 2.25. The lowest BCUT2D eigenvalue weighted by atomic mass is 9.67. The van der Waals surface area contributed by atoms with E-state index in [1.807, 2.05) is 0 Å². The van der Waals surface area contributed by atoms with Crippen molar-refractivity contribution in [2.45, 2.75) is 58.6 Å². The minimum atomic E-state index is -0.251. The Morgan fingerprint density at radius 3 is 2.73 bits per heavy atom. The molecule has 1 saturated heterocycles. The largest absolute Gasteiger partial charge is 0.441 e. The number of carbonyl (C=O) groups is 1. The van der Waals surface area contributed by atoms with Crippen molar-refractivity contribution >= 4 is 6.09 Å². The predicted octanol–water partition coefficient (Wildman–Crippen LogP) is 2.70. The Balaban J connectivity index is 2.10. The van der Waals surface area contributed by atoms with Gasteiger partial charge in [0.1, 0.15) is 5.60 Å². The standard InChI is InChI=1S/C12H21NO2/c1-11(2,3)8-5-6-12(4)9(7-8)13-10(14)15-12/h8-9H,5-7H2,1-4H3,(H,13,14)/t8-,9+,12-/m1/s1. The second kappa shape index (κ2) is 3.13. The van der Waals surface area contributed by atoms with Gasteiger partial charge in [-0.05, 0) is 37.5 Å². The van der Waals surface area contributed by atoms with Gasteiger partial charge in [0.15, 0.2) is 0 Å². The summed E-state index contributed by atoms with van der Waals surface area (Å²) in [6, 6.07) is 0.211. The molecule has 0 radical (unpaired) electrons. The maximum absolute atomic E-state index is 11.2. The second-order valence-electron chi connectivity index (χ2n) is 6.24. The first-order valence-electron chi connectivity index (χ1n) is 5.81. The Labute approximate surface area is 91.6 Å². The average molecular weight is 211 g/mol.